The summed E-state index contributed by atoms with van der Waals surface area (Å²) in [5.41, 5.74) is 1.63. The lowest BCUT2D eigenvalue weighted by Gasteiger charge is -2.22. The maximum absolute atomic E-state index is 13.0. The predicted molar refractivity (Wildman–Crippen MR) is 109 cm³/mol. The molecule has 1 aromatic carbocycles. The van der Waals surface area contributed by atoms with Gasteiger partial charge in [-0.3, -0.25) is 4.79 Å². The van der Waals surface area contributed by atoms with E-state index in [0.29, 0.717) is 24.8 Å². The van der Waals surface area contributed by atoms with Crippen LogP contribution in [0.5, 0.6) is 0 Å². The van der Waals surface area contributed by atoms with Gasteiger partial charge in [-0.05, 0) is 24.6 Å². The van der Waals surface area contributed by atoms with Crippen LogP contribution in [0.15, 0.2) is 18.2 Å². The second-order valence-corrected chi connectivity index (χ2v) is 8.05. The maximum atomic E-state index is 13.0. The molecule has 0 aromatic heterocycles. The number of anilines is 1. The van der Waals surface area contributed by atoms with Gasteiger partial charge >= 0.3 is 0 Å². The van der Waals surface area contributed by atoms with Crippen molar-refractivity contribution in [3.63, 3.8) is 0 Å². The zero-order valence-electron chi connectivity index (χ0n) is 16.5. The molecule has 2 aliphatic rings. The van der Waals surface area contributed by atoms with E-state index in [2.05, 4.69) is 6.92 Å². The van der Waals surface area contributed by atoms with Crippen molar-refractivity contribution in [3.8, 4) is 0 Å². The minimum atomic E-state index is -1.27. The minimum Gasteiger partial charge on any atom is -0.336 e. The summed E-state index contributed by atoms with van der Waals surface area (Å²) in [4.78, 5) is 14.8. The first-order chi connectivity index (χ1) is 13.2. The molecule has 27 heavy (non-hydrogen) atoms. The summed E-state index contributed by atoms with van der Waals surface area (Å²) in [6.07, 6.45) is 12.8. The molecule has 4 nitrogen and oxygen atoms in total. The first kappa shape index (κ1) is 20.6. The molecular formula is C22H32ClNO3. The van der Waals surface area contributed by atoms with Crippen LogP contribution in [0.2, 0.25) is 5.02 Å². The first-order valence-corrected chi connectivity index (χ1v) is 11.0. The van der Waals surface area contributed by atoms with Gasteiger partial charge in [0, 0.05) is 17.1 Å². The number of carbonyl (C=O) groups is 1. The van der Waals surface area contributed by atoms with Crippen LogP contribution in [0, 0.1) is 0 Å². The van der Waals surface area contributed by atoms with E-state index < -0.39 is 5.79 Å². The van der Waals surface area contributed by atoms with Crippen LogP contribution in [0.3, 0.4) is 0 Å². The number of hydrogen-bond donors (Lipinski definition) is 0. The fourth-order valence-electron chi connectivity index (χ4n) is 4.08. The molecule has 2 heterocycles. The van der Waals surface area contributed by atoms with Gasteiger partial charge < -0.3 is 14.4 Å². The number of ether oxygens (including phenoxy) is 2. The molecular weight excluding hydrogens is 362 g/mol. The standard InChI is InChI=1S/C22H32ClNO3/c1-2-3-4-5-6-7-8-9-10-11-14-24-20-13-12-18(23)17-19(20)22(21(24)25)26-15-16-27-22/h12-13,17H,2-11,14-16H2,1H3. The number of hydrogen-bond acceptors (Lipinski definition) is 3. The van der Waals surface area contributed by atoms with Crippen molar-refractivity contribution < 1.29 is 14.3 Å². The van der Waals surface area contributed by atoms with Crippen molar-refractivity contribution in [3.05, 3.63) is 28.8 Å². The molecule has 3 rings (SSSR count). The van der Waals surface area contributed by atoms with Gasteiger partial charge in [-0.25, -0.2) is 0 Å². The summed E-state index contributed by atoms with van der Waals surface area (Å²) in [6.45, 7) is 3.83. The van der Waals surface area contributed by atoms with Crippen LogP contribution in [0.4, 0.5) is 5.69 Å². The molecule has 1 fully saturated rings. The Morgan fingerprint density at radius 3 is 2.19 bits per heavy atom. The summed E-state index contributed by atoms with van der Waals surface area (Å²) in [5, 5.41) is 0.598. The highest BCUT2D eigenvalue weighted by molar-refractivity contribution is 6.31. The Balaban J connectivity index is 1.45. The van der Waals surface area contributed by atoms with Gasteiger partial charge in [0.15, 0.2) is 0 Å². The average molecular weight is 394 g/mol. The third-order valence-electron chi connectivity index (χ3n) is 5.56. The summed E-state index contributed by atoms with van der Waals surface area (Å²) in [5.74, 6) is -1.37. The topological polar surface area (TPSA) is 38.8 Å². The number of halogens is 1. The summed E-state index contributed by atoms with van der Waals surface area (Å²) >= 11 is 6.15. The van der Waals surface area contributed by atoms with Crippen LogP contribution in [-0.2, 0) is 20.1 Å². The molecule has 0 N–H and O–H groups in total. The molecule has 0 atom stereocenters. The predicted octanol–water partition coefficient (Wildman–Crippen LogP) is 5.81. The van der Waals surface area contributed by atoms with Crippen LogP contribution in [-0.4, -0.2) is 25.7 Å². The van der Waals surface area contributed by atoms with Crippen LogP contribution in [0.1, 0.15) is 76.7 Å². The monoisotopic (exact) mass is 393 g/mol. The summed E-state index contributed by atoms with van der Waals surface area (Å²) in [7, 11) is 0. The Bertz CT molecular complexity index is 628. The molecule has 0 unspecified atom stereocenters. The molecule has 0 radical (unpaired) electrons. The highest BCUT2D eigenvalue weighted by atomic mass is 35.5. The van der Waals surface area contributed by atoms with Crippen molar-refractivity contribution in [2.75, 3.05) is 24.7 Å². The Labute approximate surface area is 168 Å². The number of unbranched alkanes of at least 4 members (excludes halogenated alkanes) is 9. The van der Waals surface area contributed by atoms with E-state index in [9.17, 15) is 4.79 Å². The van der Waals surface area contributed by atoms with E-state index in [-0.39, 0.29) is 5.91 Å². The van der Waals surface area contributed by atoms with Gasteiger partial charge in [-0.2, -0.15) is 0 Å². The fourth-order valence-corrected chi connectivity index (χ4v) is 4.25. The van der Waals surface area contributed by atoms with E-state index >= 15 is 0 Å². The maximum Gasteiger partial charge on any atom is 0.292 e. The van der Waals surface area contributed by atoms with Gasteiger partial charge in [-0.15, -0.1) is 0 Å². The largest absolute Gasteiger partial charge is 0.336 e. The summed E-state index contributed by atoms with van der Waals surface area (Å²) < 4.78 is 11.5. The molecule has 1 saturated heterocycles. The van der Waals surface area contributed by atoms with Gasteiger partial charge in [-0.1, -0.05) is 76.3 Å². The van der Waals surface area contributed by atoms with Crippen molar-refractivity contribution >= 4 is 23.2 Å². The quantitative estimate of drug-likeness (QED) is 0.445. The van der Waals surface area contributed by atoms with Gasteiger partial charge in [0.1, 0.15) is 0 Å². The zero-order valence-corrected chi connectivity index (χ0v) is 17.2. The van der Waals surface area contributed by atoms with Gasteiger partial charge in [0.05, 0.1) is 18.9 Å². The van der Waals surface area contributed by atoms with Crippen molar-refractivity contribution in [2.45, 2.75) is 76.9 Å². The average Bonchev–Trinajstić information content (AvgIpc) is 3.24. The number of benzene rings is 1. The highest BCUT2D eigenvalue weighted by Gasteiger charge is 2.55. The van der Waals surface area contributed by atoms with E-state index in [1.54, 1.807) is 6.07 Å². The number of amides is 1. The van der Waals surface area contributed by atoms with Gasteiger partial charge in [0.2, 0.25) is 0 Å². The van der Waals surface area contributed by atoms with E-state index in [0.717, 1.165) is 24.1 Å². The Morgan fingerprint density at radius 2 is 1.56 bits per heavy atom. The van der Waals surface area contributed by atoms with Crippen molar-refractivity contribution in [1.29, 1.82) is 0 Å². The zero-order chi connectivity index (χ0) is 19.1. The van der Waals surface area contributed by atoms with Crippen LogP contribution >= 0.6 is 11.6 Å². The first-order valence-electron chi connectivity index (χ1n) is 10.6. The lowest BCUT2D eigenvalue weighted by atomic mass is 10.1. The van der Waals surface area contributed by atoms with Gasteiger partial charge in [0.25, 0.3) is 11.7 Å². The lowest BCUT2D eigenvalue weighted by molar-refractivity contribution is -0.180. The molecule has 5 heteroatoms. The van der Waals surface area contributed by atoms with E-state index in [4.69, 9.17) is 21.1 Å². The fraction of sp³-hybridized carbons (Fsp3) is 0.682. The Hall–Kier alpha value is -1.10. The molecule has 1 spiro atoms. The number of fused-ring (bicyclic) bond motifs is 2. The highest BCUT2D eigenvalue weighted by Crippen LogP contribution is 2.46. The third kappa shape index (κ3) is 4.67. The third-order valence-corrected chi connectivity index (χ3v) is 5.80. The number of rotatable bonds is 11. The molecule has 0 saturated carbocycles. The number of carbonyl (C=O) groups excluding carboxylic acids is 1. The second kappa shape index (κ2) is 9.90. The molecule has 0 aliphatic carbocycles. The molecule has 1 amide bonds. The molecule has 0 bridgehead atoms. The Kier molecular flexibility index (Phi) is 7.57. The second-order valence-electron chi connectivity index (χ2n) is 7.61. The van der Waals surface area contributed by atoms with Crippen molar-refractivity contribution in [1.82, 2.24) is 0 Å². The minimum absolute atomic E-state index is 0.104. The molecule has 1 aromatic rings. The molecule has 2 aliphatic heterocycles. The van der Waals surface area contributed by atoms with Crippen molar-refractivity contribution in [2.24, 2.45) is 0 Å². The van der Waals surface area contributed by atoms with Crippen LogP contribution in [0.25, 0.3) is 0 Å². The summed E-state index contributed by atoms with van der Waals surface area (Å²) in [6, 6.07) is 5.54. The molecule has 150 valence electrons. The SMILES string of the molecule is CCCCCCCCCCCCN1C(=O)C2(OCCO2)c2cc(Cl)ccc21. The lowest BCUT2D eigenvalue weighted by Crippen LogP contribution is -2.41. The van der Waals surface area contributed by atoms with Crippen LogP contribution < -0.4 is 4.90 Å². The number of nitrogens with zero attached hydrogens (tertiary/aromatic N) is 1. The smallest absolute Gasteiger partial charge is 0.292 e. The normalized spacial score (nSPS) is 17.9. The van der Waals surface area contributed by atoms with E-state index in [1.165, 1.54) is 51.4 Å². The Morgan fingerprint density at radius 1 is 0.963 bits per heavy atom. The van der Waals surface area contributed by atoms with E-state index in [1.807, 2.05) is 17.0 Å².